The number of sulfonamides is 1. The second-order valence-electron chi connectivity index (χ2n) is 7.28. The molecule has 1 N–H and O–H groups in total. The van der Waals surface area contributed by atoms with Gasteiger partial charge in [0.2, 0.25) is 5.91 Å². The Kier molecular flexibility index (Phi) is 4.06. The molecule has 0 radical (unpaired) electrons. The average Bonchev–Trinajstić information content (AvgIpc) is 3.30. The molecule has 0 spiro atoms. The summed E-state index contributed by atoms with van der Waals surface area (Å²) in [5.74, 6) is -0.105. The quantitative estimate of drug-likeness (QED) is 0.851. The molecule has 8 heteroatoms. The van der Waals surface area contributed by atoms with Crippen LogP contribution in [0.5, 0.6) is 0 Å². The molecule has 1 fully saturated rings. The lowest BCUT2D eigenvalue weighted by atomic mass is 10.1. The number of hydrogen-bond acceptors (Lipinski definition) is 5. The Bertz CT molecular complexity index is 1060. The Labute approximate surface area is 163 Å². The van der Waals surface area contributed by atoms with Gasteiger partial charge < -0.3 is 15.0 Å². The minimum atomic E-state index is -3.69. The Morgan fingerprint density at radius 3 is 2.61 bits per heavy atom. The van der Waals surface area contributed by atoms with Crippen LogP contribution < -0.4 is 14.5 Å². The summed E-state index contributed by atoms with van der Waals surface area (Å²) in [4.78, 5) is 14.0. The van der Waals surface area contributed by atoms with Crippen molar-refractivity contribution in [1.82, 2.24) is 0 Å². The van der Waals surface area contributed by atoms with E-state index in [2.05, 4.69) is 16.3 Å². The zero-order valence-electron chi connectivity index (χ0n) is 15.3. The number of morpholine rings is 1. The smallest absolute Gasteiger partial charge is 0.264 e. The van der Waals surface area contributed by atoms with Crippen LogP contribution >= 0.6 is 0 Å². The maximum absolute atomic E-state index is 13.4. The topological polar surface area (TPSA) is 79.0 Å². The minimum absolute atomic E-state index is 0.105. The highest BCUT2D eigenvalue weighted by atomic mass is 32.2. The molecule has 3 heterocycles. The van der Waals surface area contributed by atoms with Crippen LogP contribution in [0.15, 0.2) is 41.3 Å². The monoisotopic (exact) mass is 399 g/mol. The van der Waals surface area contributed by atoms with Crippen LogP contribution in [0.2, 0.25) is 0 Å². The van der Waals surface area contributed by atoms with Gasteiger partial charge in [0.15, 0.2) is 0 Å². The van der Waals surface area contributed by atoms with Gasteiger partial charge in [-0.15, -0.1) is 0 Å². The van der Waals surface area contributed by atoms with E-state index in [9.17, 15) is 13.2 Å². The fourth-order valence-electron chi connectivity index (χ4n) is 4.10. The molecule has 7 nitrogen and oxygen atoms in total. The molecule has 0 atom stereocenters. The largest absolute Gasteiger partial charge is 0.378 e. The zero-order chi connectivity index (χ0) is 19.3. The van der Waals surface area contributed by atoms with Crippen molar-refractivity contribution in [2.45, 2.75) is 17.7 Å². The third-order valence-corrected chi connectivity index (χ3v) is 7.40. The van der Waals surface area contributed by atoms with E-state index in [1.54, 1.807) is 18.2 Å². The van der Waals surface area contributed by atoms with E-state index in [1.807, 2.05) is 12.1 Å². The second-order valence-corrected chi connectivity index (χ2v) is 9.15. The predicted molar refractivity (Wildman–Crippen MR) is 106 cm³/mol. The van der Waals surface area contributed by atoms with Crippen LogP contribution in [-0.4, -0.2) is 47.2 Å². The van der Waals surface area contributed by atoms with Crippen LogP contribution in [-0.2, 0) is 32.4 Å². The van der Waals surface area contributed by atoms with Crippen molar-refractivity contribution in [3.63, 3.8) is 0 Å². The Balaban J connectivity index is 1.50. The number of hydrogen-bond donors (Lipinski definition) is 1. The van der Waals surface area contributed by atoms with E-state index in [0.717, 1.165) is 35.6 Å². The normalized spacial score (nSPS) is 18.8. The molecule has 1 amide bonds. The lowest BCUT2D eigenvalue weighted by Crippen LogP contribution is -2.36. The molecule has 2 aromatic carbocycles. The molecule has 146 valence electrons. The Morgan fingerprint density at radius 1 is 0.964 bits per heavy atom. The van der Waals surface area contributed by atoms with Crippen LogP contribution in [0.1, 0.15) is 11.1 Å². The second kappa shape index (κ2) is 6.49. The van der Waals surface area contributed by atoms with Gasteiger partial charge in [0.1, 0.15) is 0 Å². The Hall–Kier alpha value is -2.58. The van der Waals surface area contributed by atoms with E-state index in [4.69, 9.17) is 4.74 Å². The summed E-state index contributed by atoms with van der Waals surface area (Å²) in [6.07, 6.45) is 0.916. The zero-order valence-corrected chi connectivity index (χ0v) is 16.2. The number of ether oxygens (including phenoxy) is 1. The fourth-order valence-corrected chi connectivity index (χ4v) is 5.65. The summed E-state index contributed by atoms with van der Waals surface area (Å²) in [6, 6.07) is 10.9. The molecule has 0 bridgehead atoms. The number of amides is 1. The molecule has 3 aliphatic heterocycles. The van der Waals surface area contributed by atoms with Crippen molar-refractivity contribution in [2.75, 3.05) is 47.4 Å². The number of benzene rings is 2. The number of carbonyl (C=O) groups is 1. The summed E-state index contributed by atoms with van der Waals surface area (Å²) in [6.45, 7) is 3.40. The number of carbonyl (C=O) groups excluding carboxylic acids is 1. The standard InChI is InChI=1S/C20H21N3O4S/c24-20-12-15-11-17(3-4-18(15)21-20)28(25,26)23-6-5-14-1-2-16(13-19(14)23)22-7-9-27-10-8-22/h1-4,11,13H,5-10,12H2,(H,21,24). The number of nitrogens with one attached hydrogen (secondary N) is 1. The molecule has 0 aliphatic carbocycles. The molecular weight excluding hydrogens is 378 g/mol. The van der Waals surface area contributed by atoms with Gasteiger partial charge in [-0.1, -0.05) is 6.07 Å². The van der Waals surface area contributed by atoms with Crippen LogP contribution in [0, 0.1) is 0 Å². The fraction of sp³-hybridized carbons (Fsp3) is 0.350. The molecule has 0 unspecified atom stereocenters. The van der Waals surface area contributed by atoms with Crippen molar-refractivity contribution in [2.24, 2.45) is 0 Å². The molecule has 1 saturated heterocycles. The highest BCUT2D eigenvalue weighted by molar-refractivity contribution is 7.92. The van der Waals surface area contributed by atoms with Gasteiger partial charge in [-0.3, -0.25) is 9.10 Å². The lowest BCUT2D eigenvalue weighted by molar-refractivity contribution is -0.115. The summed E-state index contributed by atoms with van der Waals surface area (Å²) in [7, 11) is -3.69. The Morgan fingerprint density at radius 2 is 1.79 bits per heavy atom. The molecule has 5 rings (SSSR count). The molecule has 3 aliphatic rings. The van der Waals surface area contributed by atoms with Crippen molar-refractivity contribution < 1.29 is 17.9 Å². The number of nitrogens with zero attached hydrogens (tertiary/aromatic N) is 2. The third kappa shape index (κ3) is 2.84. The maximum atomic E-state index is 13.4. The molecule has 28 heavy (non-hydrogen) atoms. The first-order valence-electron chi connectivity index (χ1n) is 9.43. The lowest BCUT2D eigenvalue weighted by Gasteiger charge is -2.30. The minimum Gasteiger partial charge on any atom is -0.378 e. The van der Waals surface area contributed by atoms with E-state index >= 15 is 0 Å². The van der Waals surface area contributed by atoms with Gasteiger partial charge in [0.25, 0.3) is 10.0 Å². The van der Waals surface area contributed by atoms with Gasteiger partial charge >= 0.3 is 0 Å². The summed E-state index contributed by atoms with van der Waals surface area (Å²) < 4.78 is 33.6. The highest BCUT2D eigenvalue weighted by Crippen LogP contribution is 2.37. The predicted octanol–water partition coefficient (Wildman–Crippen LogP) is 1.77. The number of fused-ring (bicyclic) bond motifs is 2. The molecule has 0 saturated carbocycles. The van der Waals surface area contributed by atoms with Gasteiger partial charge in [-0.05, 0) is 47.9 Å². The van der Waals surface area contributed by atoms with Crippen molar-refractivity contribution in [3.05, 3.63) is 47.5 Å². The molecule has 0 aromatic heterocycles. The van der Waals surface area contributed by atoms with Crippen molar-refractivity contribution in [3.8, 4) is 0 Å². The number of rotatable bonds is 3. The van der Waals surface area contributed by atoms with Gasteiger partial charge in [-0.2, -0.15) is 0 Å². The van der Waals surface area contributed by atoms with Crippen LogP contribution in [0.3, 0.4) is 0 Å². The van der Waals surface area contributed by atoms with Gasteiger partial charge in [-0.25, -0.2) is 8.42 Å². The van der Waals surface area contributed by atoms with E-state index in [-0.39, 0.29) is 17.2 Å². The van der Waals surface area contributed by atoms with Gasteiger partial charge in [0, 0.05) is 31.0 Å². The van der Waals surface area contributed by atoms with E-state index < -0.39 is 10.0 Å². The summed E-state index contributed by atoms with van der Waals surface area (Å²) >= 11 is 0. The number of anilines is 3. The highest BCUT2D eigenvalue weighted by Gasteiger charge is 2.32. The summed E-state index contributed by atoms with van der Waals surface area (Å²) in [5, 5.41) is 2.74. The maximum Gasteiger partial charge on any atom is 0.264 e. The first-order chi connectivity index (χ1) is 13.5. The SMILES string of the molecule is O=C1Cc2cc(S(=O)(=O)N3CCc4ccc(N5CCOCC5)cc43)ccc2N1. The molecule has 2 aromatic rings. The van der Waals surface area contributed by atoms with Crippen molar-refractivity contribution >= 4 is 33.0 Å². The van der Waals surface area contributed by atoms with E-state index in [0.29, 0.717) is 31.9 Å². The first kappa shape index (κ1) is 17.5. The average molecular weight is 399 g/mol. The van der Waals surface area contributed by atoms with E-state index in [1.165, 1.54) is 4.31 Å². The van der Waals surface area contributed by atoms with Crippen molar-refractivity contribution in [1.29, 1.82) is 0 Å². The summed E-state index contributed by atoms with van der Waals surface area (Å²) in [5.41, 5.74) is 4.23. The van der Waals surface area contributed by atoms with Gasteiger partial charge in [0.05, 0.1) is 30.2 Å². The van der Waals surface area contributed by atoms with Crippen LogP contribution in [0.4, 0.5) is 17.1 Å². The first-order valence-corrected chi connectivity index (χ1v) is 10.9. The van der Waals surface area contributed by atoms with Crippen LogP contribution in [0.25, 0.3) is 0 Å². The molecular formula is C20H21N3O4S. The third-order valence-electron chi connectivity index (χ3n) is 5.59.